The third-order valence-corrected chi connectivity index (χ3v) is 3.89. The fourth-order valence-corrected chi connectivity index (χ4v) is 2.84. The molecule has 1 heterocycles. The molecule has 1 aliphatic heterocycles. The Balaban J connectivity index is 2.09. The summed E-state index contributed by atoms with van der Waals surface area (Å²) < 4.78 is 0. The third kappa shape index (κ3) is 4.06. The smallest absolute Gasteiger partial charge is 0.0184 e. The van der Waals surface area contributed by atoms with Crippen LogP contribution in [0.5, 0.6) is 0 Å². The lowest BCUT2D eigenvalue weighted by molar-refractivity contribution is 0.460. The highest BCUT2D eigenvalue weighted by Gasteiger charge is 2.20. The Kier molecular flexibility index (Phi) is 5.34. The molecule has 0 aromatic carbocycles. The van der Waals surface area contributed by atoms with Crippen molar-refractivity contribution < 1.29 is 0 Å². The molecule has 0 spiro atoms. The monoisotopic (exact) mass is 197 g/mol. The summed E-state index contributed by atoms with van der Waals surface area (Å²) in [5, 5.41) is 4.37. The van der Waals surface area contributed by atoms with Gasteiger partial charge in [0.05, 0.1) is 0 Å². The minimum Gasteiger partial charge on any atom is -0.313 e. The van der Waals surface area contributed by atoms with Crippen molar-refractivity contribution in [2.45, 2.75) is 43.9 Å². The molecule has 0 bridgehead atoms. The molecule has 1 saturated heterocycles. The highest BCUT2D eigenvalue weighted by molar-refractivity contribution is 7.99. The lowest BCUT2D eigenvalue weighted by Gasteiger charge is -2.29. The number of unbranched alkanes of at least 4 members (excludes halogenated alkanes) is 1. The summed E-state index contributed by atoms with van der Waals surface area (Å²) >= 11 is 2.09. The largest absolute Gasteiger partial charge is 0.313 e. The second kappa shape index (κ2) is 6.34. The van der Waals surface area contributed by atoms with Gasteiger partial charge in [0, 0.05) is 17.7 Å². The highest BCUT2D eigenvalue weighted by Crippen LogP contribution is 2.24. The van der Waals surface area contributed by atoms with Crippen molar-refractivity contribution in [3.05, 3.63) is 0 Å². The second-order valence-electron chi connectivity index (χ2n) is 3.59. The summed E-state index contributed by atoms with van der Waals surface area (Å²) in [5.41, 5.74) is 0. The first-order valence-electron chi connectivity index (χ1n) is 5.13. The number of terminal acetylenes is 1. The van der Waals surface area contributed by atoms with E-state index in [4.69, 9.17) is 6.42 Å². The van der Waals surface area contributed by atoms with Crippen LogP contribution in [0.1, 0.15) is 32.6 Å². The molecule has 0 aromatic rings. The van der Waals surface area contributed by atoms with E-state index in [1.54, 1.807) is 0 Å². The molecule has 0 amide bonds. The van der Waals surface area contributed by atoms with E-state index in [0.717, 1.165) is 30.7 Å². The van der Waals surface area contributed by atoms with Crippen LogP contribution < -0.4 is 5.32 Å². The number of rotatable bonds is 4. The van der Waals surface area contributed by atoms with Gasteiger partial charge in [0.15, 0.2) is 0 Å². The molecule has 74 valence electrons. The SMILES string of the molecule is C#CCCCNC1CCCSC1C. The number of hydrogen-bond donors (Lipinski definition) is 1. The Labute approximate surface area is 86.1 Å². The number of hydrogen-bond acceptors (Lipinski definition) is 2. The lowest BCUT2D eigenvalue weighted by Crippen LogP contribution is -2.39. The van der Waals surface area contributed by atoms with Crippen LogP contribution >= 0.6 is 11.8 Å². The summed E-state index contributed by atoms with van der Waals surface area (Å²) in [6, 6.07) is 0.719. The fraction of sp³-hybridized carbons (Fsp3) is 0.818. The van der Waals surface area contributed by atoms with Crippen molar-refractivity contribution in [2.24, 2.45) is 0 Å². The van der Waals surface area contributed by atoms with Gasteiger partial charge < -0.3 is 5.32 Å². The predicted octanol–water partition coefficient (Wildman–Crippen LogP) is 2.27. The second-order valence-corrected chi connectivity index (χ2v) is 5.07. The van der Waals surface area contributed by atoms with Gasteiger partial charge in [0.1, 0.15) is 0 Å². The van der Waals surface area contributed by atoms with Gasteiger partial charge in [-0.15, -0.1) is 12.3 Å². The molecule has 1 N–H and O–H groups in total. The molecule has 0 aliphatic carbocycles. The molecule has 0 saturated carbocycles. The van der Waals surface area contributed by atoms with Gasteiger partial charge in [-0.05, 0) is 31.6 Å². The van der Waals surface area contributed by atoms with Crippen molar-refractivity contribution in [1.82, 2.24) is 5.32 Å². The Bertz CT molecular complexity index is 173. The third-order valence-electron chi connectivity index (χ3n) is 2.51. The maximum Gasteiger partial charge on any atom is 0.0184 e. The fourth-order valence-electron chi connectivity index (χ4n) is 1.67. The van der Waals surface area contributed by atoms with Crippen LogP contribution in [0.2, 0.25) is 0 Å². The van der Waals surface area contributed by atoms with E-state index in [2.05, 4.69) is 29.9 Å². The van der Waals surface area contributed by atoms with E-state index >= 15 is 0 Å². The molecular weight excluding hydrogens is 178 g/mol. The van der Waals surface area contributed by atoms with Crippen molar-refractivity contribution in [1.29, 1.82) is 0 Å². The first kappa shape index (κ1) is 10.9. The topological polar surface area (TPSA) is 12.0 Å². The quantitative estimate of drug-likeness (QED) is 0.548. The molecule has 2 unspecified atom stereocenters. The first-order valence-corrected chi connectivity index (χ1v) is 6.18. The first-order chi connectivity index (χ1) is 6.34. The average molecular weight is 197 g/mol. The van der Waals surface area contributed by atoms with Gasteiger partial charge in [0.2, 0.25) is 0 Å². The van der Waals surface area contributed by atoms with Gasteiger partial charge in [-0.25, -0.2) is 0 Å². The summed E-state index contributed by atoms with van der Waals surface area (Å²) in [6.45, 7) is 3.41. The molecule has 0 aromatic heterocycles. The van der Waals surface area contributed by atoms with E-state index in [9.17, 15) is 0 Å². The van der Waals surface area contributed by atoms with Crippen LogP contribution in [0.3, 0.4) is 0 Å². The molecule has 13 heavy (non-hydrogen) atoms. The Hall–Kier alpha value is -0.130. The van der Waals surface area contributed by atoms with Crippen LogP contribution in [0.15, 0.2) is 0 Å². The maximum absolute atomic E-state index is 5.19. The summed E-state index contributed by atoms with van der Waals surface area (Å²) in [6.07, 6.45) is 9.91. The Morgan fingerprint density at radius 2 is 2.46 bits per heavy atom. The van der Waals surface area contributed by atoms with Crippen molar-refractivity contribution >= 4 is 11.8 Å². The van der Waals surface area contributed by atoms with Gasteiger partial charge in [0.25, 0.3) is 0 Å². The minimum atomic E-state index is 0.719. The van der Waals surface area contributed by atoms with E-state index in [1.807, 2.05) is 0 Å². The Morgan fingerprint density at radius 1 is 1.62 bits per heavy atom. The van der Waals surface area contributed by atoms with E-state index in [-0.39, 0.29) is 0 Å². The van der Waals surface area contributed by atoms with Crippen molar-refractivity contribution in [3.63, 3.8) is 0 Å². The van der Waals surface area contributed by atoms with Crippen molar-refractivity contribution in [3.8, 4) is 12.3 Å². The van der Waals surface area contributed by atoms with Crippen molar-refractivity contribution in [2.75, 3.05) is 12.3 Å². The zero-order valence-electron chi connectivity index (χ0n) is 8.38. The average Bonchev–Trinajstić information content (AvgIpc) is 2.15. The molecule has 1 rings (SSSR count). The summed E-state index contributed by atoms with van der Waals surface area (Å²) in [7, 11) is 0. The standard InChI is InChI=1S/C11H19NS/c1-3-4-5-8-12-11-7-6-9-13-10(11)2/h1,10-12H,4-9H2,2H3. The van der Waals surface area contributed by atoms with Gasteiger partial charge in [-0.1, -0.05) is 6.92 Å². The molecule has 2 heteroatoms. The van der Waals surface area contributed by atoms with Crippen LogP contribution in [0.25, 0.3) is 0 Å². The highest BCUT2D eigenvalue weighted by atomic mass is 32.2. The molecule has 1 aliphatic rings. The molecule has 1 nitrogen and oxygen atoms in total. The van der Waals surface area contributed by atoms with Gasteiger partial charge in [-0.2, -0.15) is 11.8 Å². The van der Waals surface area contributed by atoms with Crippen LogP contribution in [-0.4, -0.2) is 23.6 Å². The van der Waals surface area contributed by atoms with Gasteiger partial charge >= 0.3 is 0 Å². The molecule has 0 radical (unpaired) electrons. The maximum atomic E-state index is 5.19. The van der Waals surface area contributed by atoms with Crippen LogP contribution in [0, 0.1) is 12.3 Å². The zero-order chi connectivity index (χ0) is 9.52. The summed E-state index contributed by atoms with van der Waals surface area (Å²) in [4.78, 5) is 0. The van der Waals surface area contributed by atoms with E-state index < -0.39 is 0 Å². The van der Waals surface area contributed by atoms with E-state index in [1.165, 1.54) is 18.6 Å². The van der Waals surface area contributed by atoms with Crippen LogP contribution in [0.4, 0.5) is 0 Å². The van der Waals surface area contributed by atoms with E-state index in [0.29, 0.717) is 0 Å². The normalized spacial score (nSPS) is 28.3. The zero-order valence-corrected chi connectivity index (χ0v) is 9.20. The summed E-state index contributed by atoms with van der Waals surface area (Å²) in [5.74, 6) is 4.01. The lowest BCUT2D eigenvalue weighted by atomic mass is 10.1. The molecule has 2 atom stereocenters. The minimum absolute atomic E-state index is 0.719. The van der Waals surface area contributed by atoms with Gasteiger partial charge in [-0.3, -0.25) is 0 Å². The Morgan fingerprint density at radius 3 is 3.15 bits per heavy atom. The number of thioether (sulfide) groups is 1. The predicted molar refractivity (Wildman–Crippen MR) is 61.0 cm³/mol. The van der Waals surface area contributed by atoms with Crippen LogP contribution in [-0.2, 0) is 0 Å². The molecule has 1 fully saturated rings. The molecular formula is C11H19NS. The number of nitrogens with one attached hydrogen (secondary N) is 1.